The van der Waals surface area contributed by atoms with E-state index in [4.69, 9.17) is 0 Å². The first-order valence-corrected chi connectivity index (χ1v) is 5.96. The van der Waals surface area contributed by atoms with Crippen molar-refractivity contribution in [3.8, 4) is 0 Å². The zero-order chi connectivity index (χ0) is 12.4. The molecule has 0 radical (unpaired) electrons. The van der Waals surface area contributed by atoms with Crippen molar-refractivity contribution in [2.75, 3.05) is 11.9 Å². The number of benzene rings is 2. The summed E-state index contributed by atoms with van der Waals surface area (Å²) in [6.07, 6.45) is 0. The second-order valence-corrected chi connectivity index (χ2v) is 4.62. The van der Waals surface area contributed by atoms with Gasteiger partial charge in [-0.2, -0.15) is 0 Å². The third-order valence-corrected chi connectivity index (χ3v) is 3.32. The molecule has 0 aliphatic carbocycles. The first-order valence-electron chi connectivity index (χ1n) is 5.96. The minimum Gasteiger partial charge on any atom is -0.344 e. The summed E-state index contributed by atoms with van der Waals surface area (Å²) in [5.41, 5.74) is 6.51. The average molecular weight is 225 g/mol. The number of anilines is 2. The lowest BCUT2D eigenvalue weighted by atomic mass is 10.0. The highest BCUT2D eigenvalue weighted by Gasteiger charge is 2.08. The van der Waals surface area contributed by atoms with Crippen LogP contribution in [0.15, 0.2) is 42.5 Å². The zero-order valence-corrected chi connectivity index (χ0v) is 11.0. The summed E-state index contributed by atoms with van der Waals surface area (Å²) in [5, 5.41) is 0. The van der Waals surface area contributed by atoms with Gasteiger partial charge in [0.05, 0.1) is 0 Å². The Bertz CT molecular complexity index is 515. The third-order valence-electron chi connectivity index (χ3n) is 3.32. The number of hydrogen-bond acceptors (Lipinski definition) is 1. The third kappa shape index (κ3) is 2.33. The van der Waals surface area contributed by atoms with Crippen LogP contribution in [0.3, 0.4) is 0 Å². The van der Waals surface area contributed by atoms with E-state index in [-0.39, 0.29) is 0 Å². The molecule has 2 aromatic carbocycles. The summed E-state index contributed by atoms with van der Waals surface area (Å²) < 4.78 is 0. The summed E-state index contributed by atoms with van der Waals surface area (Å²) in [6, 6.07) is 15.0. The number of nitrogens with zero attached hydrogens (tertiary/aromatic N) is 1. The van der Waals surface area contributed by atoms with Gasteiger partial charge in [-0.05, 0) is 55.7 Å². The molecule has 0 saturated heterocycles. The summed E-state index contributed by atoms with van der Waals surface area (Å²) in [6.45, 7) is 6.49. The lowest BCUT2D eigenvalue weighted by molar-refractivity contribution is 1.16. The van der Waals surface area contributed by atoms with E-state index in [9.17, 15) is 0 Å². The van der Waals surface area contributed by atoms with Crippen LogP contribution in [0.1, 0.15) is 16.7 Å². The maximum atomic E-state index is 2.26. The fourth-order valence-electron chi connectivity index (χ4n) is 2.10. The first-order chi connectivity index (χ1) is 8.09. The van der Waals surface area contributed by atoms with Crippen molar-refractivity contribution in [2.24, 2.45) is 0 Å². The topological polar surface area (TPSA) is 3.24 Å². The van der Waals surface area contributed by atoms with Crippen molar-refractivity contribution in [3.63, 3.8) is 0 Å². The molecule has 0 unspecified atom stereocenters. The highest BCUT2D eigenvalue weighted by atomic mass is 15.1. The molecule has 2 rings (SSSR count). The molecule has 0 heterocycles. The molecule has 0 aliphatic rings. The van der Waals surface area contributed by atoms with Crippen LogP contribution in [0.2, 0.25) is 0 Å². The number of aryl methyl sites for hydroxylation is 3. The summed E-state index contributed by atoms with van der Waals surface area (Å²) in [4.78, 5) is 2.24. The molecule has 0 atom stereocenters. The Labute approximate surface area is 104 Å². The Morgan fingerprint density at radius 2 is 1.35 bits per heavy atom. The highest BCUT2D eigenvalue weighted by Crippen LogP contribution is 2.28. The second-order valence-electron chi connectivity index (χ2n) is 4.62. The van der Waals surface area contributed by atoms with Crippen molar-refractivity contribution in [1.82, 2.24) is 0 Å². The van der Waals surface area contributed by atoms with Gasteiger partial charge >= 0.3 is 0 Å². The molecule has 0 spiro atoms. The molecular formula is C16H19N. The van der Waals surface area contributed by atoms with E-state index in [1.165, 1.54) is 28.1 Å². The predicted octanol–water partition coefficient (Wildman–Crippen LogP) is 4.38. The zero-order valence-electron chi connectivity index (χ0n) is 11.0. The van der Waals surface area contributed by atoms with E-state index in [0.29, 0.717) is 0 Å². The Kier molecular flexibility index (Phi) is 3.19. The molecule has 0 fully saturated rings. The van der Waals surface area contributed by atoms with Crippen LogP contribution in [-0.2, 0) is 0 Å². The van der Waals surface area contributed by atoms with E-state index in [1.807, 2.05) is 6.07 Å². The summed E-state index contributed by atoms with van der Waals surface area (Å²) in [7, 11) is 2.12. The van der Waals surface area contributed by atoms with E-state index in [1.54, 1.807) is 0 Å². The van der Waals surface area contributed by atoms with Crippen molar-refractivity contribution in [2.45, 2.75) is 20.8 Å². The molecule has 0 N–H and O–H groups in total. The molecule has 0 aliphatic heterocycles. The van der Waals surface area contributed by atoms with Gasteiger partial charge in [0, 0.05) is 18.4 Å². The quantitative estimate of drug-likeness (QED) is 0.733. The van der Waals surface area contributed by atoms with Crippen LogP contribution in [0, 0.1) is 20.8 Å². The average Bonchev–Trinajstić information content (AvgIpc) is 2.34. The molecule has 88 valence electrons. The van der Waals surface area contributed by atoms with Crippen molar-refractivity contribution < 1.29 is 0 Å². The largest absolute Gasteiger partial charge is 0.344 e. The number of para-hydroxylation sites is 1. The maximum absolute atomic E-state index is 2.26. The standard InChI is InChI=1S/C16H19N/c1-12-10-14(3)16(11-13(12)2)17(4)15-8-6-5-7-9-15/h5-11H,1-4H3. The monoisotopic (exact) mass is 225 g/mol. The van der Waals surface area contributed by atoms with Gasteiger partial charge in [-0.25, -0.2) is 0 Å². The van der Waals surface area contributed by atoms with Crippen molar-refractivity contribution >= 4 is 11.4 Å². The molecule has 0 amide bonds. The Morgan fingerprint density at radius 3 is 2.00 bits per heavy atom. The molecule has 0 bridgehead atoms. The lowest BCUT2D eigenvalue weighted by Gasteiger charge is -2.22. The number of hydrogen-bond donors (Lipinski definition) is 0. The van der Waals surface area contributed by atoms with E-state index in [0.717, 1.165) is 0 Å². The van der Waals surface area contributed by atoms with Crippen LogP contribution in [-0.4, -0.2) is 7.05 Å². The van der Waals surface area contributed by atoms with Gasteiger partial charge in [-0.1, -0.05) is 24.3 Å². The highest BCUT2D eigenvalue weighted by molar-refractivity contribution is 5.66. The number of rotatable bonds is 2. The minimum atomic E-state index is 1.22. The fourth-order valence-corrected chi connectivity index (χ4v) is 2.10. The summed E-state index contributed by atoms with van der Waals surface area (Å²) in [5.74, 6) is 0. The molecule has 0 aromatic heterocycles. The lowest BCUT2D eigenvalue weighted by Crippen LogP contribution is -2.11. The van der Waals surface area contributed by atoms with Gasteiger partial charge in [0.1, 0.15) is 0 Å². The Hall–Kier alpha value is -1.76. The molecule has 2 aromatic rings. The van der Waals surface area contributed by atoms with Gasteiger partial charge in [-0.15, -0.1) is 0 Å². The van der Waals surface area contributed by atoms with Gasteiger partial charge in [-0.3, -0.25) is 0 Å². The van der Waals surface area contributed by atoms with Crippen LogP contribution in [0.25, 0.3) is 0 Å². The van der Waals surface area contributed by atoms with Gasteiger partial charge < -0.3 is 4.90 Å². The molecule has 0 saturated carbocycles. The second kappa shape index (κ2) is 4.62. The van der Waals surface area contributed by atoms with Gasteiger partial charge in [0.2, 0.25) is 0 Å². The van der Waals surface area contributed by atoms with Gasteiger partial charge in [0.15, 0.2) is 0 Å². The molecule has 1 nitrogen and oxygen atoms in total. The Balaban J connectivity index is 2.44. The molecule has 17 heavy (non-hydrogen) atoms. The van der Waals surface area contributed by atoms with E-state index in [2.05, 4.69) is 69.1 Å². The van der Waals surface area contributed by atoms with Crippen LogP contribution >= 0.6 is 0 Å². The van der Waals surface area contributed by atoms with Crippen LogP contribution in [0.5, 0.6) is 0 Å². The van der Waals surface area contributed by atoms with Crippen LogP contribution < -0.4 is 4.90 Å². The minimum absolute atomic E-state index is 1.22. The fraction of sp³-hybridized carbons (Fsp3) is 0.250. The smallest absolute Gasteiger partial charge is 0.0440 e. The molecule has 1 heteroatoms. The first kappa shape index (κ1) is 11.7. The SMILES string of the molecule is Cc1cc(C)c(N(C)c2ccccc2)cc1C. The van der Waals surface area contributed by atoms with E-state index < -0.39 is 0 Å². The molecular weight excluding hydrogens is 206 g/mol. The van der Waals surface area contributed by atoms with E-state index >= 15 is 0 Å². The van der Waals surface area contributed by atoms with Crippen LogP contribution in [0.4, 0.5) is 11.4 Å². The normalized spacial score (nSPS) is 10.4. The van der Waals surface area contributed by atoms with Crippen molar-refractivity contribution in [1.29, 1.82) is 0 Å². The summed E-state index contributed by atoms with van der Waals surface area (Å²) >= 11 is 0. The maximum Gasteiger partial charge on any atom is 0.0440 e. The Morgan fingerprint density at radius 1 is 0.765 bits per heavy atom. The predicted molar refractivity (Wildman–Crippen MR) is 75.2 cm³/mol. The van der Waals surface area contributed by atoms with Crippen molar-refractivity contribution in [3.05, 3.63) is 59.2 Å². The van der Waals surface area contributed by atoms with Gasteiger partial charge in [0.25, 0.3) is 0 Å².